The molecule has 0 fully saturated rings. The average molecular weight is 704 g/mol. The van der Waals surface area contributed by atoms with Crippen LogP contribution in [0.3, 0.4) is 0 Å². The van der Waals surface area contributed by atoms with Crippen LogP contribution in [-0.2, 0) is 11.1 Å². The maximum Gasteiger partial charge on any atom is 0.158 e. The minimum Gasteiger partial charge on any atom is -0.376 e. The third kappa shape index (κ3) is 8.99. The number of rotatable bonds is 14. The van der Waals surface area contributed by atoms with Gasteiger partial charge in [-0.05, 0) is 152 Å². The van der Waals surface area contributed by atoms with Crippen molar-refractivity contribution < 1.29 is 4.39 Å². The van der Waals surface area contributed by atoms with Crippen molar-refractivity contribution in [1.29, 1.82) is 0 Å². The van der Waals surface area contributed by atoms with Gasteiger partial charge in [0, 0.05) is 17.1 Å². The molecule has 0 radical (unpaired) electrons. The molecule has 2 N–H and O–H groups in total. The van der Waals surface area contributed by atoms with Gasteiger partial charge >= 0.3 is 0 Å². The van der Waals surface area contributed by atoms with Gasteiger partial charge in [0.15, 0.2) is 5.67 Å². The standard InChI is InChI=1S/C48H66FN3/c1-13-34(6)44(45(8,9)10)36-19-18-20-38(24-21-36)50-39-25-22-37(23-26-39)48(49,17-5)47(12,16-4)52-41-29-27-40(28-30-41)51-42-31-32-43(35(7)33-42)46(11,14-2)15-3/h18,20-34,51-52H,13-17,19H2,1-12H3. The number of nitrogens with zero attached hydrogens (tertiary/aromatic N) is 1. The second-order valence-electron chi connectivity index (χ2n) is 16.5. The first kappa shape index (κ1) is 40.8. The number of allylic oxidation sites excluding steroid dienone is 6. The van der Waals surface area contributed by atoms with Gasteiger partial charge in [-0.15, -0.1) is 0 Å². The van der Waals surface area contributed by atoms with E-state index in [1.807, 2.05) is 50.2 Å². The molecular weight excluding hydrogens is 638 g/mol. The van der Waals surface area contributed by atoms with Crippen LogP contribution in [-0.4, -0.2) is 11.3 Å². The Morgan fingerprint density at radius 3 is 1.90 bits per heavy atom. The van der Waals surface area contributed by atoms with Gasteiger partial charge in [0.1, 0.15) is 0 Å². The Bertz CT molecular complexity index is 1770. The topological polar surface area (TPSA) is 36.4 Å². The lowest BCUT2D eigenvalue weighted by Gasteiger charge is -2.44. The van der Waals surface area contributed by atoms with Crippen LogP contribution in [0.2, 0.25) is 0 Å². The molecule has 0 saturated heterocycles. The number of benzene rings is 3. The summed E-state index contributed by atoms with van der Waals surface area (Å²) in [6, 6.07) is 22.6. The van der Waals surface area contributed by atoms with Crippen molar-refractivity contribution in [1.82, 2.24) is 0 Å². The van der Waals surface area contributed by atoms with E-state index in [9.17, 15) is 0 Å². The van der Waals surface area contributed by atoms with E-state index in [2.05, 4.69) is 135 Å². The fraction of sp³-hybridized carbons (Fsp3) is 0.479. The van der Waals surface area contributed by atoms with Gasteiger partial charge in [0.25, 0.3) is 0 Å². The van der Waals surface area contributed by atoms with Crippen LogP contribution in [0.1, 0.15) is 131 Å². The zero-order chi connectivity index (χ0) is 38.3. The van der Waals surface area contributed by atoms with Crippen molar-refractivity contribution >= 4 is 28.5 Å². The summed E-state index contributed by atoms with van der Waals surface area (Å²) >= 11 is 0. The number of alkyl halides is 1. The number of anilines is 3. The number of aliphatic imine (C=N–C) groups is 1. The predicted octanol–water partition coefficient (Wildman–Crippen LogP) is 14.6. The van der Waals surface area contributed by atoms with Crippen molar-refractivity contribution in [3.8, 4) is 0 Å². The molecule has 3 nitrogen and oxygen atoms in total. The van der Waals surface area contributed by atoms with E-state index >= 15 is 4.39 Å². The number of halogens is 1. The third-order valence-corrected chi connectivity index (χ3v) is 12.0. The molecular formula is C48H66FN3. The molecule has 0 saturated carbocycles. The van der Waals surface area contributed by atoms with Gasteiger partial charge in [-0.3, -0.25) is 0 Å². The lowest BCUT2D eigenvalue weighted by molar-refractivity contribution is 0.0678. The van der Waals surface area contributed by atoms with Crippen LogP contribution in [0.15, 0.2) is 107 Å². The molecule has 4 heteroatoms. The predicted molar refractivity (Wildman–Crippen MR) is 227 cm³/mol. The molecule has 3 aromatic carbocycles. The summed E-state index contributed by atoms with van der Waals surface area (Å²) in [7, 11) is 0. The highest BCUT2D eigenvalue weighted by Gasteiger charge is 2.48. The molecule has 3 unspecified atom stereocenters. The van der Waals surface area contributed by atoms with Crippen LogP contribution >= 0.6 is 0 Å². The first-order valence-corrected chi connectivity index (χ1v) is 19.8. The van der Waals surface area contributed by atoms with E-state index in [0.717, 1.165) is 54.1 Å². The molecule has 0 spiro atoms. The largest absolute Gasteiger partial charge is 0.376 e. The van der Waals surface area contributed by atoms with Crippen molar-refractivity contribution in [3.05, 3.63) is 119 Å². The van der Waals surface area contributed by atoms with E-state index in [1.54, 1.807) is 0 Å². The molecule has 4 rings (SSSR count). The van der Waals surface area contributed by atoms with Crippen molar-refractivity contribution in [2.45, 2.75) is 138 Å². The monoisotopic (exact) mass is 704 g/mol. The van der Waals surface area contributed by atoms with E-state index in [-0.39, 0.29) is 10.8 Å². The first-order chi connectivity index (χ1) is 24.6. The smallest absolute Gasteiger partial charge is 0.158 e. The third-order valence-electron chi connectivity index (χ3n) is 12.0. The number of aryl methyl sites for hydroxylation is 1. The van der Waals surface area contributed by atoms with Crippen molar-refractivity contribution in [3.63, 3.8) is 0 Å². The molecule has 0 heterocycles. The summed E-state index contributed by atoms with van der Waals surface area (Å²) in [4.78, 5) is 4.94. The molecule has 0 aromatic heterocycles. The summed E-state index contributed by atoms with van der Waals surface area (Å²) < 4.78 is 17.4. The Hall–Kier alpha value is -3.92. The molecule has 280 valence electrons. The van der Waals surface area contributed by atoms with Crippen LogP contribution in [0.5, 0.6) is 0 Å². The van der Waals surface area contributed by atoms with E-state index in [0.29, 0.717) is 24.3 Å². The van der Waals surface area contributed by atoms with Crippen LogP contribution < -0.4 is 10.6 Å². The van der Waals surface area contributed by atoms with Crippen molar-refractivity contribution in [2.75, 3.05) is 10.6 Å². The maximum atomic E-state index is 17.4. The highest BCUT2D eigenvalue weighted by Crippen LogP contribution is 2.45. The first-order valence-electron chi connectivity index (χ1n) is 19.8. The molecule has 3 atom stereocenters. The Balaban J connectivity index is 1.51. The molecule has 0 aliphatic heterocycles. The molecule has 1 aliphatic carbocycles. The quantitative estimate of drug-likeness (QED) is 0.175. The fourth-order valence-electron chi connectivity index (χ4n) is 8.13. The van der Waals surface area contributed by atoms with E-state index in [4.69, 9.17) is 4.99 Å². The normalized spacial score (nSPS) is 18.4. The van der Waals surface area contributed by atoms with Crippen LogP contribution in [0.25, 0.3) is 0 Å². The molecule has 1 aliphatic rings. The summed E-state index contributed by atoms with van der Waals surface area (Å²) in [6.45, 7) is 26.6. The lowest BCUT2D eigenvalue weighted by Crippen LogP contribution is -2.51. The molecule has 3 aromatic rings. The number of hydrogen-bond acceptors (Lipinski definition) is 3. The summed E-state index contributed by atoms with van der Waals surface area (Å²) in [6.07, 6.45) is 13.9. The fourth-order valence-corrected chi connectivity index (χ4v) is 8.13. The minimum absolute atomic E-state index is 0.110. The van der Waals surface area contributed by atoms with Gasteiger partial charge in [-0.2, -0.15) is 0 Å². The SMILES string of the molecule is CCC(C)C(=C1C=CC(=Nc2ccc(C(F)(CC)C(C)(CC)Nc3ccc(Nc4ccc(C(C)(CC)CC)c(C)c4)cc3)cc2)C=CC1)C(C)(C)C. The van der Waals surface area contributed by atoms with Gasteiger partial charge in [0.2, 0.25) is 0 Å². The second kappa shape index (κ2) is 16.8. The maximum absolute atomic E-state index is 17.4. The van der Waals surface area contributed by atoms with E-state index in [1.165, 1.54) is 22.3 Å². The lowest BCUT2D eigenvalue weighted by atomic mass is 9.74. The Morgan fingerprint density at radius 2 is 1.37 bits per heavy atom. The Kier molecular flexibility index (Phi) is 13.2. The summed E-state index contributed by atoms with van der Waals surface area (Å²) in [5, 5.41) is 7.17. The zero-order valence-corrected chi connectivity index (χ0v) is 34.3. The highest BCUT2D eigenvalue weighted by atomic mass is 19.1. The number of nitrogens with one attached hydrogen (secondary N) is 2. The van der Waals surface area contributed by atoms with Crippen LogP contribution in [0, 0.1) is 18.3 Å². The minimum atomic E-state index is -1.60. The molecule has 0 amide bonds. The van der Waals surface area contributed by atoms with Gasteiger partial charge < -0.3 is 10.6 Å². The van der Waals surface area contributed by atoms with Gasteiger partial charge in [-0.25, -0.2) is 9.38 Å². The highest BCUT2D eigenvalue weighted by molar-refractivity contribution is 6.06. The summed E-state index contributed by atoms with van der Waals surface area (Å²) in [5.74, 6) is 0.527. The number of hydrogen-bond donors (Lipinski definition) is 2. The molecule has 52 heavy (non-hydrogen) atoms. The Morgan fingerprint density at radius 1 is 0.750 bits per heavy atom. The van der Waals surface area contributed by atoms with Gasteiger partial charge in [0.05, 0.1) is 16.9 Å². The molecule has 0 bridgehead atoms. The second-order valence-corrected chi connectivity index (χ2v) is 16.5. The van der Waals surface area contributed by atoms with E-state index < -0.39 is 11.2 Å². The Labute approximate surface area is 316 Å². The average Bonchev–Trinajstić information content (AvgIpc) is 3.36. The van der Waals surface area contributed by atoms with Gasteiger partial charge in [-0.1, -0.05) is 105 Å². The zero-order valence-electron chi connectivity index (χ0n) is 34.3. The van der Waals surface area contributed by atoms with Crippen molar-refractivity contribution in [2.24, 2.45) is 16.3 Å². The summed E-state index contributed by atoms with van der Waals surface area (Å²) in [5.41, 5.74) is 8.85. The van der Waals surface area contributed by atoms with Crippen LogP contribution in [0.4, 0.5) is 27.1 Å².